The van der Waals surface area contributed by atoms with Crippen molar-refractivity contribution in [2.24, 2.45) is 0 Å². The van der Waals surface area contributed by atoms with Crippen LogP contribution < -0.4 is 10.6 Å². The lowest BCUT2D eigenvalue weighted by Crippen LogP contribution is -2.20. The smallest absolute Gasteiger partial charge is 0.254 e. The van der Waals surface area contributed by atoms with E-state index in [0.29, 0.717) is 41.1 Å². The summed E-state index contributed by atoms with van der Waals surface area (Å²) in [6, 6.07) is 10.8. The van der Waals surface area contributed by atoms with E-state index in [2.05, 4.69) is 25.6 Å². The maximum atomic E-state index is 14.2. The molecule has 29 heavy (non-hydrogen) atoms. The van der Waals surface area contributed by atoms with Crippen molar-refractivity contribution in [3.63, 3.8) is 0 Å². The summed E-state index contributed by atoms with van der Waals surface area (Å²) >= 11 is 0. The standard InChI is InChI=1S/C21H18FN5O2/c1-23-21(28)19-14-5-2-4-13(20(14)25-11-15(19)22)7-8-24-18-10-16(26-12-27-18)17-6-3-9-29-17/h2-6,9-12H,7-8H2,1H3,(H,23,28)(H,24,26,27). The number of hydrogen-bond donors (Lipinski definition) is 2. The molecule has 0 aliphatic rings. The molecule has 4 rings (SSSR count). The topological polar surface area (TPSA) is 92.9 Å². The predicted octanol–water partition coefficient (Wildman–Crippen LogP) is 3.44. The van der Waals surface area contributed by atoms with E-state index in [4.69, 9.17) is 4.42 Å². The van der Waals surface area contributed by atoms with Gasteiger partial charge in [-0.15, -0.1) is 0 Å². The fourth-order valence-corrected chi connectivity index (χ4v) is 3.16. The Hall–Kier alpha value is -3.81. The maximum Gasteiger partial charge on any atom is 0.254 e. The third kappa shape index (κ3) is 3.77. The van der Waals surface area contributed by atoms with Crippen molar-refractivity contribution in [2.75, 3.05) is 18.9 Å². The Bertz CT molecular complexity index is 1160. The molecule has 2 N–H and O–H groups in total. The number of hydrogen-bond acceptors (Lipinski definition) is 6. The number of halogens is 1. The molecule has 0 atom stereocenters. The Balaban J connectivity index is 1.54. The van der Waals surface area contributed by atoms with Gasteiger partial charge >= 0.3 is 0 Å². The minimum atomic E-state index is -0.640. The first kappa shape index (κ1) is 18.5. The van der Waals surface area contributed by atoms with Gasteiger partial charge in [-0.2, -0.15) is 0 Å². The summed E-state index contributed by atoms with van der Waals surface area (Å²) in [6.45, 7) is 0.572. The van der Waals surface area contributed by atoms with Crippen molar-refractivity contribution in [3.05, 3.63) is 72.1 Å². The maximum absolute atomic E-state index is 14.2. The van der Waals surface area contributed by atoms with Crippen LogP contribution in [0.3, 0.4) is 0 Å². The summed E-state index contributed by atoms with van der Waals surface area (Å²) in [4.78, 5) is 24.7. The number of amides is 1. The summed E-state index contributed by atoms with van der Waals surface area (Å²) in [5.41, 5.74) is 2.20. The number of pyridine rings is 1. The highest BCUT2D eigenvalue weighted by Crippen LogP contribution is 2.23. The molecule has 3 aromatic heterocycles. The van der Waals surface area contributed by atoms with Crippen LogP contribution >= 0.6 is 0 Å². The lowest BCUT2D eigenvalue weighted by Gasteiger charge is -2.11. The highest BCUT2D eigenvalue weighted by molar-refractivity contribution is 6.06. The molecule has 1 aromatic carbocycles. The fraction of sp³-hybridized carbons (Fsp3) is 0.143. The van der Waals surface area contributed by atoms with Gasteiger partial charge in [-0.1, -0.05) is 18.2 Å². The minimum Gasteiger partial charge on any atom is -0.463 e. The zero-order valence-corrected chi connectivity index (χ0v) is 15.6. The van der Waals surface area contributed by atoms with E-state index in [-0.39, 0.29) is 5.56 Å². The average Bonchev–Trinajstić information content (AvgIpc) is 3.28. The number of aromatic nitrogens is 3. The van der Waals surface area contributed by atoms with E-state index in [1.807, 2.05) is 12.1 Å². The number of nitrogens with zero attached hydrogens (tertiary/aromatic N) is 3. The molecule has 0 bridgehead atoms. The lowest BCUT2D eigenvalue weighted by molar-refractivity contribution is 0.0961. The molecule has 0 radical (unpaired) electrons. The Morgan fingerprint density at radius 3 is 2.86 bits per heavy atom. The molecular weight excluding hydrogens is 373 g/mol. The van der Waals surface area contributed by atoms with Crippen molar-refractivity contribution in [1.82, 2.24) is 20.3 Å². The fourth-order valence-electron chi connectivity index (χ4n) is 3.16. The van der Waals surface area contributed by atoms with Gasteiger partial charge in [0.05, 0.1) is 23.5 Å². The van der Waals surface area contributed by atoms with Crippen molar-refractivity contribution < 1.29 is 13.6 Å². The van der Waals surface area contributed by atoms with Gasteiger partial charge in [0.25, 0.3) is 5.91 Å². The van der Waals surface area contributed by atoms with Crippen LogP contribution in [0, 0.1) is 5.82 Å². The molecule has 0 saturated carbocycles. The van der Waals surface area contributed by atoms with Gasteiger partial charge in [0.1, 0.15) is 17.8 Å². The summed E-state index contributed by atoms with van der Waals surface area (Å²) in [6.07, 6.45) is 4.76. The monoisotopic (exact) mass is 391 g/mol. The molecule has 0 fully saturated rings. The van der Waals surface area contributed by atoms with Crippen molar-refractivity contribution in [1.29, 1.82) is 0 Å². The number of anilines is 1. The number of furan rings is 1. The molecule has 0 aliphatic carbocycles. The molecule has 0 saturated heterocycles. The second kappa shape index (κ2) is 8.05. The summed E-state index contributed by atoms with van der Waals surface area (Å²) in [5.74, 6) is 0.212. The zero-order valence-electron chi connectivity index (χ0n) is 15.6. The quantitative estimate of drug-likeness (QED) is 0.523. The van der Waals surface area contributed by atoms with Gasteiger partial charge in [-0.05, 0) is 24.1 Å². The van der Waals surface area contributed by atoms with E-state index >= 15 is 0 Å². The van der Waals surface area contributed by atoms with Gasteiger partial charge in [0.2, 0.25) is 0 Å². The second-order valence-electron chi connectivity index (χ2n) is 6.32. The van der Waals surface area contributed by atoms with E-state index in [9.17, 15) is 9.18 Å². The largest absolute Gasteiger partial charge is 0.463 e. The van der Waals surface area contributed by atoms with E-state index < -0.39 is 11.7 Å². The second-order valence-corrected chi connectivity index (χ2v) is 6.32. The first-order valence-corrected chi connectivity index (χ1v) is 9.05. The van der Waals surface area contributed by atoms with Crippen LogP contribution in [0.4, 0.5) is 10.2 Å². The molecule has 0 spiro atoms. The van der Waals surface area contributed by atoms with Crippen molar-refractivity contribution >= 4 is 22.6 Å². The third-order valence-corrected chi connectivity index (χ3v) is 4.53. The van der Waals surface area contributed by atoms with E-state index in [1.165, 1.54) is 13.4 Å². The molecule has 7 nitrogen and oxygen atoms in total. The number of nitrogens with one attached hydrogen (secondary N) is 2. The van der Waals surface area contributed by atoms with Crippen LogP contribution in [0.15, 0.2) is 59.6 Å². The summed E-state index contributed by atoms with van der Waals surface area (Å²) in [7, 11) is 1.47. The molecule has 146 valence electrons. The first-order chi connectivity index (χ1) is 14.2. The highest BCUT2D eigenvalue weighted by Gasteiger charge is 2.17. The highest BCUT2D eigenvalue weighted by atomic mass is 19.1. The normalized spacial score (nSPS) is 10.8. The predicted molar refractivity (Wildman–Crippen MR) is 107 cm³/mol. The molecule has 0 unspecified atom stereocenters. The van der Waals surface area contributed by atoms with Crippen LogP contribution in [-0.2, 0) is 6.42 Å². The number of carbonyl (C=O) groups excluding carboxylic acids is 1. The molecule has 8 heteroatoms. The van der Waals surface area contributed by atoms with Crippen molar-refractivity contribution in [3.8, 4) is 11.5 Å². The number of fused-ring (bicyclic) bond motifs is 1. The van der Waals surface area contributed by atoms with Gasteiger partial charge in [0.15, 0.2) is 11.6 Å². The van der Waals surface area contributed by atoms with E-state index in [1.54, 1.807) is 30.5 Å². The van der Waals surface area contributed by atoms with Crippen molar-refractivity contribution in [2.45, 2.75) is 6.42 Å². The number of benzene rings is 1. The average molecular weight is 391 g/mol. The Morgan fingerprint density at radius 1 is 1.17 bits per heavy atom. The molecule has 1 amide bonds. The lowest BCUT2D eigenvalue weighted by atomic mass is 10.0. The van der Waals surface area contributed by atoms with Gasteiger partial charge < -0.3 is 15.1 Å². The zero-order chi connectivity index (χ0) is 20.2. The first-order valence-electron chi connectivity index (χ1n) is 9.05. The molecular formula is C21H18FN5O2. The van der Waals surface area contributed by atoms with Crippen LogP contribution in [0.2, 0.25) is 0 Å². The van der Waals surface area contributed by atoms with Gasteiger partial charge in [-0.3, -0.25) is 9.78 Å². The number of rotatable bonds is 6. The van der Waals surface area contributed by atoms with Gasteiger partial charge in [-0.25, -0.2) is 14.4 Å². The number of para-hydroxylation sites is 1. The summed E-state index contributed by atoms with van der Waals surface area (Å²) < 4.78 is 19.5. The van der Waals surface area contributed by atoms with Crippen LogP contribution in [0.5, 0.6) is 0 Å². The third-order valence-electron chi connectivity index (χ3n) is 4.53. The van der Waals surface area contributed by atoms with Crippen LogP contribution in [0.25, 0.3) is 22.4 Å². The Labute approximate surface area is 166 Å². The number of carbonyl (C=O) groups is 1. The SMILES string of the molecule is CNC(=O)c1c(F)cnc2c(CCNc3cc(-c4ccco4)ncn3)cccc12. The Kier molecular flexibility index (Phi) is 5.15. The Morgan fingerprint density at radius 2 is 2.07 bits per heavy atom. The van der Waals surface area contributed by atoms with E-state index in [0.717, 1.165) is 11.8 Å². The minimum absolute atomic E-state index is 0.00574. The van der Waals surface area contributed by atoms with Gasteiger partial charge in [0, 0.05) is 25.0 Å². The molecule has 0 aliphatic heterocycles. The molecule has 3 heterocycles. The van der Waals surface area contributed by atoms with Crippen LogP contribution in [-0.4, -0.2) is 34.5 Å². The van der Waals surface area contributed by atoms with Crippen LogP contribution in [0.1, 0.15) is 15.9 Å². The molecule has 4 aromatic rings. The summed E-state index contributed by atoms with van der Waals surface area (Å²) in [5, 5.41) is 6.21.